The maximum Gasteiger partial charge on any atom is 0.270 e. The number of nitro groups is 1. The maximum absolute atomic E-state index is 10.8. The second kappa shape index (κ2) is 5.83. The van der Waals surface area contributed by atoms with Crippen LogP contribution >= 0.6 is 0 Å². The van der Waals surface area contributed by atoms with Crippen LogP contribution in [0, 0.1) is 17.0 Å². The first-order chi connectivity index (χ1) is 9.47. The molecule has 2 rings (SSSR count). The van der Waals surface area contributed by atoms with Crippen LogP contribution in [0.2, 0.25) is 0 Å². The fraction of sp³-hybridized carbons (Fsp3) is 0.357. The van der Waals surface area contributed by atoms with Crippen molar-refractivity contribution in [1.29, 1.82) is 0 Å². The van der Waals surface area contributed by atoms with Crippen molar-refractivity contribution in [3.8, 4) is 11.3 Å². The number of non-ortho nitro benzene ring substituents is 1. The molecule has 0 aliphatic heterocycles. The van der Waals surface area contributed by atoms with E-state index in [1.807, 2.05) is 20.8 Å². The van der Waals surface area contributed by atoms with Gasteiger partial charge in [-0.15, -0.1) is 0 Å². The number of nitrogens with one attached hydrogen (secondary N) is 1. The quantitative estimate of drug-likeness (QED) is 0.670. The molecular formula is C14H17N3O3. The van der Waals surface area contributed by atoms with Gasteiger partial charge in [-0.25, -0.2) is 4.98 Å². The number of oxazole rings is 1. The summed E-state index contributed by atoms with van der Waals surface area (Å²) in [6.07, 6.45) is 1.60. The third-order valence-corrected chi connectivity index (χ3v) is 2.91. The maximum atomic E-state index is 10.8. The van der Waals surface area contributed by atoms with Crippen molar-refractivity contribution in [2.45, 2.75) is 33.4 Å². The summed E-state index contributed by atoms with van der Waals surface area (Å²) in [6, 6.07) is 5.04. The van der Waals surface area contributed by atoms with Crippen LogP contribution in [0.4, 0.5) is 5.69 Å². The van der Waals surface area contributed by atoms with E-state index in [2.05, 4.69) is 10.3 Å². The topological polar surface area (TPSA) is 81.2 Å². The predicted molar refractivity (Wildman–Crippen MR) is 75.3 cm³/mol. The third-order valence-electron chi connectivity index (χ3n) is 2.91. The van der Waals surface area contributed by atoms with Crippen molar-refractivity contribution in [2.24, 2.45) is 0 Å². The number of aryl methyl sites for hydroxylation is 1. The summed E-state index contributed by atoms with van der Waals surface area (Å²) >= 11 is 0. The van der Waals surface area contributed by atoms with Crippen molar-refractivity contribution >= 4 is 5.69 Å². The van der Waals surface area contributed by atoms with Gasteiger partial charge in [0.1, 0.15) is 0 Å². The Morgan fingerprint density at radius 1 is 1.45 bits per heavy atom. The zero-order valence-electron chi connectivity index (χ0n) is 11.7. The van der Waals surface area contributed by atoms with Crippen molar-refractivity contribution in [2.75, 3.05) is 0 Å². The molecule has 0 aliphatic rings. The van der Waals surface area contributed by atoms with Crippen LogP contribution in [0.5, 0.6) is 0 Å². The number of nitrogens with zero attached hydrogens (tertiary/aromatic N) is 2. The Balaban J connectivity index is 2.27. The van der Waals surface area contributed by atoms with Gasteiger partial charge in [0.15, 0.2) is 5.76 Å². The Morgan fingerprint density at radius 2 is 2.20 bits per heavy atom. The molecule has 1 aromatic carbocycles. The normalized spacial score (nSPS) is 11.0. The van der Waals surface area contributed by atoms with Crippen molar-refractivity contribution in [3.63, 3.8) is 0 Å². The average molecular weight is 275 g/mol. The molecule has 6 heteroatoms. The van der Waals surface area contributed by atoms with Crippen LogP contribution in [0.3, 0.4) is 0 Å². The first-order valence-corrected chi connectivity index (χ1v) is 6.41. The second-order valence-electron chi connectivity index (χ2n) is 4.91. The highest BCUT2D eigenvalue weighted by Gasteiger charge is 2.14. The number of benzene rings is 1. The summed E-state index contributed by atoms with van der Waals surface area (Å²) in [5.41, 5.74) is 1.65. The lowest BCUT2D eigenvalue weighted by Gasteiger charge is -2.04. The molecule has 1 N–H and O–H groups in total. The first kappa shape index (κ1) is 14.2. The molecule has 0 unspecified atom stereocenters. The highest BCUT2D eigenvalue weighted by Crippen LogP contribution is 2.28. The van der Waals surface area contributed by atoms with Gasteiger partial charge in [0.25, 0.3) is 5.69 Å². The summed E-state index contributed by atoms with van der Waals surface area (Å²) in [5.74, 6) is 1.12. The molecular weight excluding hydrogens is 258 g/mol. The number of hydrogen-bond donors (Lipinski definition) is 1. The van der Waals surface area contributed by atoms with Gasteiger partial charge >= 0.3 is 0 Å². The van der Waals surface area contributed by atoms with Gasteiger partial charge in [0, 0.05) is 23.7 Å². The van der Waals surface area contributed by atoms with Gasteiger partial charge in [-0.05, 0) is 12.5 Å². The monoisotopic (exact) mass is 275 g/mol. The van der Waals surface area contributed by atoms with Crippen molar-refractivity contribution < 1.29 is 9.34 Å². The minimum Gasteiger partial charge on any atom is -0.439 e. The fourth-order valence-electron chi connectivity index (χ4n) is 1.80. The van der Waals surface area contributed by atoms with E-state index in [1.54, 1.807) is 12.3 Å². The molecule has 0 amide bonds. The minimum atomic E-state index is -0.416. The second-order valence-corrected chi connectivity index (χ2v) is 4.91. The molecule has 0 saturated carbocycles. The molecule has 2 aromatic rings. The SMILES string of the molecule is Cc1ccc([N+](=O)[O-])cc1-c1cnc(CNC(C)C)o1. The molecule has 0 aliphatic carbocycles. The van der Waals surface area contributed by atoms with Crippen molar-refractivity contribution in [1.82, 2.24) is 10.3 Å². The van der Waals surface area contributed by atoms with Crippen LogP contribution in [-0.2, 0) is 6.54 Å². The molecule has 0 fully saturated rings. The number of aromatic nitrogens is 1. The highest BCUT2D eigenvalue weighted by molar-refractivity contribution is 5.64. The molecule has 1 heterocycles. The average Bonchev–Trinajstić information content (AvgIpc) is 2.85. The van der Waals surface area contributed by atoms with Gasteiger partial charge in [0.05, 0.1) is 17.7 Å². The summed E-state index contributed by atoms with van der Waals surface area (Å²) in [5, 5.41) is 14.0. The van der Waals surface area contributed by atoms with E-state index >= 15 is 0 Å². The highest BCUT2D eigenvalue weighted by atomic mass is 16.6. The third kappa shape index (κ3) is 3.21. The van der Waals surface area contributed by atoms with Gasteiger partial charge in [0.2, 0.25) is 5.89 Å². The van der Waals surface area contributed by atoms with Crippen molar-refractivity contribution in [3.05, 3.63) is 46.0 Å². The smallest absolute Gasteiger partial charge is 0.270 e. The lowest BCUT2D eigenvalue weighted by Crippen LogP contribution is -2.21. The van der Waals surface area contributed by atoms with Crippen LogP contribution in [0.15, 0.2) is 28.8 Å². The van der Waals surface area contributed by atoms with E-state index in [1.165, 1.54) is 12.1 Å². The van der Waals surface area contributed by atoms with Crippen LogP contribution in [0.1, 0.15) is 25.3 Å². The zero-order valence-corrected chi connectivity index (χ0v) is 11.7. The summed E-state index contributed by atoms with van der Waals surface area (Å²) in [7, 11) is 0. The summed E-state index contributed by atoms with van der Waals surface area (Å²) in [4.78, 5) is 14.6. The standard InChI is InChI=1S/C14H17N3O3/c1-9(2)15-8-14-16-7-13(20-14)12-6-11(17(18)19)5-4-10(12)3/h4-7,9,15H,8H2,1-3H3. The van der Waals surface area contributed by atoms with Crippen LogP contribution in [0.25, 0.3) is 11.3 Å². The van der Waals surface area contributed by atoms with E-state index in [-0.39, 0.29) is 5.69 Å². The minimum absolute atomic E-state index is 0.0452. The Bertz CT molecular complexity index is 620. The Hall–Kier alpha value is -2.21. The van der Waals surface area contributed by atoms with Gasteiger partial charge in [-0.3, -0.25) is 10.1 Å². The van der Waals surface area contributed by atoms with Gasteiger partial charge in [-0.2, -0.15) is 0 Å². The van der Waals surface area contributed by atoms with E-state index in [9.17, 15) is 10.1 Å². The number of rotatable bonds is 5. The molecule has 0 atom stereocenters. The Labute approximate surface area is 117 Å². The van der Waals surface area contributed by atoms with Gasteiger partial charge < -0.3 is 9.73 Å². The lowest BCUT2D eigenvalue weighted by molar-refractivity contribution is -0.384. The molecule has 1 aromatic heterocycles. The molecule has 0 radical (unpaired) electrons. The molecule has 0 saturated heterocycles. The first-order valence-electron chi connectivity index (χ1n) is 6.41. The van der Waals surface area contributed by atoms with E-state index in [0.717, 1.165) is 5.56 Å². The molecule has 0 spiro atoms. The summed E-state index contributed by atoms with van der Waals surface area (Å²) < 4.78 is 5.64. The largest absolute Gasteiger partial charge is 0.439 e. The summed E-state index contributed by atoms with van der Waals surface area (Å²) in [6.45, 7) is 6.49. The van der Waals surface area contributed by atoms with Gasteiger partial charge in [-0.1, -0.05) is 19.9 Å². The predicted octanol–water partition coefficient (Wildman–Crippen LogP) is 3.06. The molecule has 106 valence electrons. The lowest BCUT2D eigenvalue weighted by atomic mass is 10.1. The Kier molecular flexibility index (Phi) is 4.14. The molecule has 0 bridgehead atoms. The van der Waals surface area contributed by atoms with Crippen LogP contribution in [-0.4, -0.2) is 15.9 Å². The Morgan fingerprint density at radius 3 is 2.85 bits per heavy atom. The van der Waals surface area contributed by atoms with E-state index in [4.69, 9.17) is 4.42 Å². The van der Waals surface area contributed by atoms with E-state index < -0.39 is 4.92 Å². The molecule has 6 nitrogen and oxygen atoms in total. The fourth-order valence-corrected chi connectivity index (χ4v) is 1.80. The van der Waals surface area contributed by atoms with E-state index in [0.29, 0.717) is 29.8 Å². The van der Waals surface area contributed by atoms with Crippen LogP contribution < -0.4 is 5.32 Å². The number of nitro benzene ring substituents is 1. The zero-order chi connectivity index (χ0) is 14.7. The molecule has 20 heavy (non-hydrogen) atoms. The number of hydrogen-bond acceptors (Lipinski definition) is 5.